The SMILES string of the molecule is O=C(Cc1ccccc1)OC[C@H]1CN2CCC1CC2. The van der Waals surface area contributed by atoms with E-state index in [9.17, 15) is 4.79 Å². The normalized spacial score (nSPS) is 29.2. The first-order chi connectivity index (χ1) is 9.31. The molecule has 3 aliphatic rings. The van der Waals surface area contributed by atoms with Crippen LogP contribution in [-0.4, -0.2) is 37.1 Å². The summed E-state index contributed by atoms with van der Waals surface area (Å²) in [5, 5.41) is 0. The van der Waals surface area contributed by atoms with Gasteiger partial charge in [0.25, 0.3) is 0 Å². The van der Waals surface area contributed by atoms with Gasteiger partial charge in [-0.3, -0.25) is 4.79 Å². The number of carbonyl (C=O) groups excluding carboxylic acids is 1. The lowest BCUT2D eigenvalue weighted by molar-refractivity contribution is -0.146. The Kier molecular flexibility index (Phi) is 3.83. The highest BCUT2D eigenvalue weighted by Crippen LogP contribution is 2.32. The highest BCUT2D eigenvalue weighted by Gasteiger charge is 2.34. The van der Waals surface area contributed by atoms with Crippen LogP contribution in [-0.2, 0) is 16.0 Å². The van der Waals surface area contributed by atoms with Crippen LogP contribution < -0.4 is 0 Å². The lowest BCUT2D eigenvalue weighted by Gasteiger charge is -2.44. The summed E-state index contributed by atoms with van der Waals surface area (Å²) in [5.41, 5.74) is 1.03. The zero-order chi connectivity index (χ0) is 13.1. The number of benzene rings is 1. The Morgan fingerprint density at radius 2 is 1.95 bits per heavy atom. The quantitative estimate of drug-likeness (QED) is 0.776. The predicted molar refractivity (Wildman–Crippen MR) is 73.8 cm³/mol. The van der Waals surface area contributed by atoms with Crippen molar-refractivity contribution >= 4 is 5.97 Å². The van der Waals surface area contributed by atoms with Crippen LogP contribution in [0.4, 0.5) is 0 Å². The van der Waals surface area contributed by atoms with E-state index in [1.807, 2.05) is 30.3 Å². The Hall–Kier alpha value is -1.35. The van der Waals surface area contributed by atoms with Crippen LogP contribution in [0.25, 0.3) is 0 Å². The van der Waals surface area contributed by atoms with Crippen molar-refractivity contribution in [3.8, 4) is 0 Å². The third-order valence-corrected chi connectivity index (χ3v) is 4.44. The van der Waals surface area contributed by atoms with Crippen LogP contribution in [0.3, 0.4) is 0 Å². The number of hydrogen-bond acceptors (Lipinski definition) is 3. The Morgan fingerprint density at radius 3 is 2.58 bits per heavy atom. The standard InChI is InChI=1S/C16H21NO2/c18-16(10-13-4-2-1-3-5-13)19-12-15-11-17-8-6-14(15)7-9-17/h1-5,14-15H,6-12H2/t15-/m1/s1. The van der Waals surface area contributed by atoms with Gasteiger partial charge in [-0.1, -0.05) is 30.3 Å². The minimum absolute atomic E-state index is 0.0948. The summed E-state index contributed by atoms with van der Waals surface area (Å²) >= 11 is 0. The molecule has 3 heteroatoms. The molecule has 1 aromatic rings. The predicted octanol–water partition coefficient (Wildman–Crippen LogP) is 2.11. The fourth-order valence-electron chi connectivity index (χ4n) is 3.29. The second-order valence-corrected chi connectivity index (χ2v) is 5.74. The maximum Gasteiger partial charge on any atom is 0.310 e. The average molecular weight is 259 g/mol. The number of carbonyl (C=O) groups is 1. The van der Waals surface area contributed by atoms with Crippen LogP contribution in [0.5, 0.6) is 0 Å². The lowest BCUT2D eigenvalue weighted by atomic mass is 9.79. The third-order valence-electron chi connectivity index (χ3n) is 4.44. The Bertz CT molecular complexity index is 424. The molecule has 0 spiro atoms. The number of rotatable bonds is 4. The van der Waals surface area contributed by atoms with Gasteiger partial charge in [0.2, 0.25) is 0 Å². The number of nitrogens with zero attached hydrogens (tertiary/aromatic N) is 1. The average Bonchev–Trinajstić information content (AvgIpc) is 2.47. The van der Waals surface area contributed by atoms with Crippen molar-refractivity contribution in [2.45, 2.75) is 19.3 Å². The van der Waals surface area contributed by atoms with Gasteiger partial charge < -0.3 is 9.64 Å². The second-order valence-electron chi connectivity index (χ2n) is 5.74. The van der Waals surface area contributed by atoms with E-state index in [1.54, 1.807) is 0 Å². The summed E-state index contributed by atoms with van der Waals surface area (Å²) in [7, 11) is 0. The largest absolute Gasteiger partial charge is 0.465 e. The molecular formula is C16H21NO2. The summed E-state index contributed by atoms with van der Waals surface area (Å²) in [5.74, 6) is 1.24. The topological polar surface area (TPSA) is 29.5 Å². The van der Waals surface area contributed by atoms with E-state index in [0.717, 1.165) is 18.0 Å². The molecule has 0 aromatic heterocycles. The van der Waals surface area contributed by atoms with Crippen LogP contribution >= 0.6 is 0 Å². The van der Waals surface area contributed by atoms with Gasteiger partial charge in [-0.05, 0) is 37.4 Å². The van der Waals surface area contributed by atoms with Crippen LogP contribution in [0.1, 0.15) is 18.4 Å². The fraction of sp³-hybridized carbons (Fsp3) is 0.562. The molecule has 0 aliphatic carbocycles. The van der Waals surface area contributed by atoms with Crippen molar-refractivity contribution in [1.29, 1.82) is 0 Å². The maximum absolute atomic E-state index is 11.8. The van der Waals surface area contributed by atoms with Crippen LogP contribution in [0.15, 0.2) is 30.3 Å². The molecule has 3 nitrogen and oxygen atoms in total. The first-order valence-electron chi connectivity index (χ1n) is 7.23. The van der Waals surface area contributed by atoms with E-state index in [2.05, 4.69) is 4.90 Å². The monoisotopic (exact) mass is 259 g/mol. The molecule has 4 rings (SSSR count). The van der Waals surface area contributed by atoms with Crippen molar-refractivity contribution in [2.75, 3.05) is 26.2 Å². The molecule has 19 heavy (non-hydrogen) atoms. The van der Waals surface area contributed by atoms with Gasteiger partial charge in [0.1, 0.15) is 0 Å². The van der Waals surface area contributed by atoms with E-state index in [-0.39, 0.29) is 5.97 Å². The molecule has 0 N–H and O–H groups in total. The third kappa shape index (κ3) is 3.16. The Morgan fingerprint density at radius 1 is 1.21 bits per heavy atom. The zero-order valence-electron chi connectivity index (χ0n) is 11.3. The molecule has 102 valence electrons. The Labute approximate surface area is 114 Å². The molecule has 0 unspecified atom stereocenters. The van der Waals surface area contributed by atoms with Gasteiger partial charge in [-0.2, -0.15) is 0 Å². The summed E-state index contributed by atoms with van der Waals surface area (Å²) in [6.07, 6.45) is 2.95. The number of esters is 1. The minimum atomic E-state index is -0.0948. The van der Waals surface area contributed by atoms with Crippen molar-refractivity contribution in [3.63, 3.8) is 0 Å². The van der Waals surface area contributed by atoms with Crippen molar-refractivity contribution < 1.29 is 9.53 Å². The number of hydrogen-bond donors (Lipinski definition) is 0. The molecule has 3 fully saturated rings. The van der Waals surface area contributed by atoms with Crippen molar-refractivity contribution in [1.82, 2.24) is 4.90 Å². The first kappa shape index (κ1) is 12.7. The van der Waals surface area contributed by atoms with E-state index in [1.165, 1.54) is 25.9 Å². The van der Waals surface area contributed by atoms with Gasteiger partial charge in [-0.15, -0.1) is 0 Å². The first-order valence-corrected chi connectivity index (χ1v) is 7.23. The maximum atomic E-state index is 11.8. The Balaban J connectivity index is 1.46. The molecule has 3 saturated heterocycles. The minimum Gasteiger partial charge on any atom is -0.465 e. The number of fused-ring (bicyclic) bond motifs is 3. The molecule has 1 atom stereocenters. The van der Waals surface area contributed by atoms with Crippen LogP contribution in [0.2, 0.25) is 0 Å². The van der Waals surface area contributed by atoms with Crippen molar-refractivity contribution in [2.24, 2.45) is 11.8 Å². The summed E-state index contributed by atoms with van der Waals surface area (Å²) < 4.78 is 5.47. The molecule has 3 aliphatic heterocycles. The molecular weight excluding hydrogens is 238 g/mol. The molecule has 0 radical (unpaired) electrons. The fourth-order valence-corrected chi connectivity index (χ4v) is 3.29. The smallest absolute Gasteiger partial charge is 0.310 e. The summed E-state index contributed by atoms with van der Waals surface area (Å²) in [6.45, 7) is 4.19. The van der Waals surface area contributed by atoms with Gasteiger partial charge in [0, 0.05) is 12.5 Å². The zero-order valence-corrected chi connectivity index (χ0v) is 11.3. The van der Waals surface area contributed by atoms with Gasteiger partial charge >= 0.3 is 5.97 Å². The van der Waals surface area contributed by atoms with Gasteiger partial charge in [0.15, 0.2) is 0 Å². The summed E-state index contributed by atoms with van der Waals surface area (Å²) in [4.78, 5) is 14.3. The number of ether oxygens (including phenoxy) is 1. The molecule has 2 bridgehead atoms. The molecule has 1 aromatic carbocycles. The van der Waals surface area contributed by atoms with E-state index in [0.29, 0.717) is 18.9 Å². The van der Waals surface area contributed by atoms with Gasteiger partial charge in [-0.25, -0.2) is 0 Å². The highest BCUT2D eigenvalue weighted by atomic mass is 16.5. The van der Waals surface area contributed by atoms with Crippen LogP contribution in [0, 0.1) is 11.8 Å². The molecule has 0 amide bonds. The van der Waals surface area contributed by atoms with Gasteiger partial charge in [0.05, 0.1) is 13.0 Å². The van der Waals surface area contributed by atoms with E-state index in [4.69, 9.17) is 4.74 Å². The lowest BCUT2D eigenvalue weighted by Crippen LogP contribution is -2.49. The molecule has 0 saturated carbocycles. The van der Waals surface area contributed by atoms with E-state index < -0.39 is 0 Å². The number of piperidine rings is 3. The summed E-state index contributed by atoms with van der Waals surface area (Å²) in [6, 6.07) is 9.80. The highest BCUT2D eigenvalue weighted by molar-refractivity contribution is 5.72. The van der Waals surface area contributed by atoms with Crippen molar-refractivity contribution in [3.05, 3.63) is 35.9 Å². The molecule has 3 heterocycles. The second kappa shape index (κ2) is 5.74. The van der Waals surface area contributed by atoms with E-state index >= 15 is 0 Å².